The summed E-state index contributed by atoms with van der Waals surface area (Å²) in [5, 5.41) is 66.5. The summed E-state index contributed by atoms with van der Waals surface area (Å²) in [6.07, 6.45) is -3.10. The monoisotopic (exact) mass is 1160 g/mol. The maximum absolute atomic E-state index is 14.4. The highest BCUT2D eigenvalue weighted by atomic mass is 16.4. The number of carbonyl (C=O) groups excluding carboxylic acids is 10. The van der Waals surface area contributed by atoms with Crippen molar-refractivity contribution in [3.05, 3.63) is 29.8 Å². The Balaban J connectivity index is 2.39. The molecule has 1 aliphatic heterocycles. The number of carboxylic acids is 3. The number of likely N-dealkylation sites (tertiary alicyclic amines) is 1. The normalized spacial score (nSPS) is 15.7. The van der Waals surface area contributed by atoms with Gasteiger partial charge in [-0.2, -0.15) is 0 Å². The number of aliphatic hydroxyl groups is 1. The van der Waals surface area contributed by atoms with Gasteiger partial charge in [0, 0.05) is 19.5 Å². The van der Waals surface area contributed by atoms with Crippen molar-refractivity contribution in [2.45, 2.75) is 145 Å². The maximum atomic E-state index is 14.4. The molecule has 33 nitrogen and oxygen atoms in total. The SMILES string of the molecule is CC(C)[C@H](NC(=O)CNC(=O)[C@H](CO)NC(=O)[C@@H]1CCCN1C(=O)[C@H](CCCN=C(N)N)NC(=O)[C@H](CCCCN)NC(=O)[C@H](CC(=O)O)NC(=O)[C@H](CC(N)=O)NC(=O)[C@H](CCC(=O)O)NC(=O)[C@@H](N)Cc1ccc(O)cc1)C(=O)O. The lowest BCUT2D eigenvalue weighted by Gasteiger charge is -2.31. The number of nitrogens with two attached hydrogens (primary N) is 5. The van der Waals surface area contributed by atoms with Crippen LogP contribution in [0.3, 0.4) is 0 Å². The number of carbonyl (C=O) groups is 13. The minimum atomic E-state index is -2.06. The van der Waals surface area contributed by atoms with Crippen molar-refractivity contribution < 1.29 is 87.9 Å². The van der Waals surface area contributed by atoms with Crippen LogP contribution < -0.4 is 71.2 Å². The molecule has 0 saturated carbocycles. The van der Waals surface area contributed by atoms with Gasteiger partial charge in [0.25, 0.3) is 0 Å². The first-order valence-electron chi connectivity index (χ1n) is 26.1. The molecule has 1 saturated heterocycles. The summed E-state index contributed by atoms with van der Waals surface area (Å²) in [6.45, 7) is 1.42. The number of benzene rings is 1. The number of nitrogens with one attached hydrogen (secondary N) is 8. The van der Waals surface area contributed by atoms with Crippen molar-refractivity contribution >= 4 is 82.9 Å². The first kappa shape index (κ1) is 69.4. The summed E-state index contributed by atoms with van der Waals surface area (Å²) in [5.41, 5.74) is 28.6. The molecule has 0 aliphatic carbocycles. The zero-order chi connectivity index (χ0) is 61.8. The zero-order valence-corrected chi connectivity index (χ0v) is 45.4. The van der Waals surface area contributed by atoms with Crippen LogP contribution in [-0.4, -0.2) is 201 Å². The number of amides is 10. The van der Waals surface area contributed by atoms with Crippen LogP contribution in [0.4, 0.5) is 0 Å². The fourth-order valence-corrected chi connectivity index (χ4v) is 8.19. The summed E-state index contributed by atoms with van der Waals surface area (Å²) in [7, 11) is 0. The minimum Gasteiger partial charge on any atom is -0.508 e. The first-order valence-corrected chi connectivity index (χ1v) is 26.1. The molecular weight excluding hydrogens is 1090 g/mol. The van der Waals surface area contributed by atoms with Crippen molar-refractivity contribution in [1.29, 1.82) is 0 Å². The quantitative estimate of drug-likeness (QED) is 0.0167. The van der Waals surface area contributed by atoms with Crippen molar-refractivity contribution in [2.75, 3.05) is 32.8 Å². The highest BCUT2D eigenvalue weighted by Crippen LogP contribution is 2.21. The highest BCUT2D eigenvalue weighted by molar-refractivity contribution is 6.00. The van der Waals surface area contributed by atoms with Crippen molar-refractivity contribution in [2.24, 2.45) is 39.6 Å². The molecule has 1 aliphatic rings. The van der Waals surface area contributed by atoms with E-state index in [0.717, 1.165) is 4.90 Å². The highest BCUT2D eigenvalue weighted by Gasteiger charge is 2.40. The number of aliphatic imine (C=N–C) groups is 1. The zero-order valence-electron chi connectivity index (χ0n) is 45.4. The Kier molecular flexibility index (Phi) is 29.7. The van der Waals surface area contributed by atoms with Gasteiger partial charge in [0.1, 0.15) is 54.1 Å². The van der Waals surface area contributed by atoms with Gasteiger partial charge < -0.3 is 102 Å². The number of hydrogen-bond donors (Lipinski definition) is 18. The number of aliphatic hydroxyl groups excluding tert-OH is 1. The van der Waals surface area contributed by atoms with E-state index in [4.69, 9.17) is 28.7 Å². The van der Waals surface area contributed by atoms with E-state index >= 15 is 0 Å². The molecule has 1 heterocycles. The number of rotatable bonds is 37. The average Bonchev–Trinajstić information content (AvgIpc) is 3.91. The lowest BCUT2D eigenvalue weighted by molar-refractivity contribution is -0.143. The standard InChI is InChI=1S/C49H77N15O18/c1-24(2)39(48(81)82)63-36(68)22-56-41(74)33(23-65)62-46(79)34-9-6-18-64(34)47(80)30(8-5-17-55-49(53)54)59-42(75)28(7-3-4-16-50)58-45(78)32(21-38(71)72)61-44(77)31(20-35(52)67)60-43(76)29(14-15-37(69)70)57-40(73)27(51)19-25-10-12-26(66)13-11-25/h10-13,24,27-34,39,65-66H,3-9,14-23,50-51H2,1-2H3,(H2,52,67)(H,56,74)(H,57,73)(H,58,78)(H,59,75)(H,60,76)(H,61,77)(H,62,79)(H,63,68)(H,69,70)(H,71,72)(H,81,82)(H4,53,54,55)/t27-,28-,29-,30-,31-,32-,33-,34-,39-/m0/s1. The molecule has 1 aromatic carbocycles. The number of hydrogen-bond acceptors (Lipinski definition) is 18. The average molecular weight is 1160 g/mol. The van der Waals surface area contributed by atoms with E-state index in [1.165, 1.54) is 24.3 Å². The summed E-state index contributed by atoms with van der Waals surface area (Å²) >= 11 is 0. The predicted octanol–water partition coefficient (Wildman–Crippen LogP) is -7.11. The van der Waals surface area contributed by atoms with Crippen molar-refractivity contribution in [3.8, 4) is 5.75 Å². The molecule has 0 spiro atoms. The summed E-state index contributed by atoms with van der Waals surface area (Å²) in [4.78, 5) is 175. The number of unbranched alkanes of at least 4 members (excludes halogenated alkanes) is 1. The molecule has 0 bridgehead atoms. The molecule has 1 fully saturated rings. The number of guanidine groups is 1. The van der Waals surface area contributed by atoms with Gasteiger partial charge in [-0.1, -0.05) is 26.0 Å². The van der Waals surface area contributed by atoms with Crippen LogP contribution in [0.2, 0.25) is 0 Å². The maximum Gasteiger partial charge on any atom is 0.326 e. The van der Waals surface area contributed by atoms with Gasteiger partial charge in [0.05, 0.1) is 32.0 Å². The van der Waals surface area contributed by atoms with Gasteiger partial charge in [-0.15, -0.1) is 0 Å². The van der Waals surface area contributed by atoms with Gasteiger partial charge in [-0.05, 0) is 87.9 Å². The van der Waals surface area contributed by atoms with E-state index < -0.39 is 176 Å². The Hall–Kier alpha value is -8.72. The second-order valence-corrected chi connectivity index (χ2v) is 19.5. The van der Waals surface area contributed by atoms with Crippen LogP contribution >= 0.6 is 0 Å². The Morgan fingerprint density at radius 2 is 1.21 bits per heavy atom. The number of primary amides is 1. The molecule has 2 rings (SSSR count). The molecule has 1 aromatic rings. The Bertz CT molecular complexity index is 2460. The first-order chi connectivity index (χ1) is 38.6. The smallest absolute Gasteiger partial charge is 0.326 e. The molecule has 456 valence electrons. The second kappa shape index (κ2) is 35.1. The lowest BCUT2D eigenvalue weighted by Crippen LogP contribution is -2.60. The summed E-state index contributed by atoms with van der Waals surface area (Å²) in [6, 6.07) is -8.70. The van der Waals surface area contributed by atoms with Crippen LogP contribution in [-0.2, 0) is 68.7 Å². The Morgan fingerprint density at radius 1 is 0.659 bits per heavy atom. The van der Waals surface area contributed by atoms with E-state index in [2.05, 4.69) is 47.5 Å². The van der Waals surface area contributed by atoms with Crippen LogP contribution in [0.15, 0.2) is 29.3 Å². The minimum absolute atomic E-state index is 0.0399. The predicted molar refractivity (Wildman–Crippen MR) is 286 cm³/mol. The number of aromatic hydroxyl groups is 1. The van der Waals surface area contributed by atoms with E-state index in [9.17, 15) is 87.9 Å². The van der Waals surface area contributed by atoms with Crippen LogP contribution in [0, 0.1) is 5.92 Å². The van der Waals surface area contributed by atoms with E-state index in [1.54, 1.807) is 13.8 Å². The van der Waals surface area contributed by atoms with Gasteiger partial charge in [0.2, 0.25) is 59.1 Å². The third-order valence-corrected chi connectivity index (χ3v) is 12.5. The molecule has 10 amide bonds. The van der Waals surface area contributed by atoms with E-state index in [-0.39, 0.29) is 82.7 Å². The fourth-order valence-electron chi connectivity index (χ4n) is 8.19. The van der Waals surface area contributed by atoms with Gasteiger partial charge in [-0.25, -0.2) is 4.79 Å². The Morgan fingerprint density at radius 3 is 1.74 bits per heavy atom. The molecule has 9 atom stereocenters. The van der Waals surface area contributed by atoms with Crippen molar-refractivity contribution in [1.82, 2.24) is 47.4 Å². The molecule has 0 radical (unpaired) electrons. The number of nitrogens with zero attached hydrogens (tertiary/aromatic N) is 2. The third kappa shape index (κ3) is 24.7. The van der Waals surface area contributed by atoms with E-state index in [0.29, 0.717) is 5.56 Å². The van der Waals surface area contributed by atoms with Gasteiger partial charge >= 0.3 is 17.9 Å². The second-order valence-electron chi connectivity index (χ2n) is 19.5. The topological polar surface area (TPSA) is 565 Å². The summed E-state index contributed by atoms with van der Waals surface area (Å²) in [5.74, 6) is -15.9. The number of aliphatic carboxylic acids is 3. The number of carboxylic acid groups (broad SMARTS) is 3. The fraction of sp³-hybridized carbons (Fsp3) is 0.592. The third-order valence-electron chi connectivity index (χ3n) is 12.5. The van der Waals surface area contributed by atoms with Crippen LogP contribution in [0.5, 0.6) is 5.75 Å². The largest absolute Gasteiger partial charge is 0.508 e. The lowest BCUT2D eigenvalue weighted by atomic mass is 10.0. The molecule has 82 heavy (non-hydrogen) atoms. The van der Waals surface area contributed by atoms with Crippen molar-refractivity contribution in [3.63, 3.8) is 0 Å². The van der Waals surface area contributed by atoms with Crippen LogP contribution in [0.1, 0.15) is 90.0 Å². The molecule has 33 heteroatoms. The van der Waals surface area contributed by atoms with Crippen LogP contribution in [0.25, 0.3) is 0 Å². The number of phenolic OH excluding ortho intramolecular Hbond substituents is 1. The Labute approximate surface area is 470 Å². The summed E-state index contributed by atoms with van der Waals surface area (Å²) < 4.78 is 0. The van der Waals surface area contributed by atoms with Gasteiger partial charge in [0.15, 0.2) is 5.96 Å². The molecular formula is C49H77N15O18. The molecule has 0 unspecified atom stereocenters. The molecule has 0 aromatic heterocycles. The number of phenols is 1. The molecule has 23 N–H and O–H groups in total. The van der Waals surface area contributed by atoms with E-state index in [1.807, 2.05) is 0 Å². The van der Waals surface area contributed by atoms with Gasteiger partial charge in [-0.3, -0.25) is 62.5 Å².